The Morgan fingerprint density at radius 2 is 1.76 bits per heavy atom. The average Bonchev–Trinajstić information content (AvgIpc) is 3.03. The predicted octanol–water partition coefficient (Wildman–Crippen LogP) is 6.57. The highest BCUT2D eigenvalue weighted by Crippen LogP contribution is 2.67. The topological polar surface area (TPSA) is 37.3 Å². The number of aliphatic hydroxyl groups excluding tert-OH is 1. The van der Waals surface area contributed by atoms with Crippen LogP contribution in [-0.2, 0) is 4.79 Å². The molecule has 8 atom stereocenters. The minimum atomic E-state index is -0.140. The Morgan fingerprint density at radius 1 is 1.00 bits per heavy atom. The lowest BCUT2D eigenvalue weighted by Crippen LogP contribution is -2.51. The Morgan fingerprint density at radius 3 is 2.48 bits per heavy atom. The second kappa shape index (κ2) is 7.81. The number of carbonyl (C=O) groups is 1. The fourth-order valence-corrected chi connectivity index (χ4v) is 8.50. The van der Waals surface area contributed by atoms with Gasteiger partial charge in [0.15, 0.2) is 5.78 Å². The van der Waals surface area contributed by atoms with E-state index in [1.54, 1.807) is 0 Å². The molecule has 3 fully saturated rings. The van der Waals surface area contributed by atoms with E-state index in [1.165, 1.54) is 37.7 Å². The number of aliphatic hydroxyl groups is 1. The highest BCUT2D eigenvalue weighted by molar-refractivity contribution is 5.91. The van der Waals surface area contributed by atoms with Gasteiger partial charge in [0.05, 0.1) is 6.10 Å². The molecule has 0 aromatic heterocycles. The van der Waals surface area contributed by atoms with Crippen LogP contribution in [0.1, 0.15) is 98.8 Å². The maximum absolute atomic E-state index is 12.0. The minimum Gasteiger partial charge on any atom is -0.393 e. The van der Waals surface area contributed by atoms with Crippen LogP contribution in [0.25, 0.3) is 0 Å². The third-order valence-corrected chi connectivity index (χ3v) is 10.3. The third-order valence-electron chi connectivity index (χ3n) is 10.3. The van der Waals surface area contributed by atoms with Crippen molar-refractivity contribution in [2.24, 2.45) is 46.3 Å². The van der Waals surface area contributed by atoms with Gasteiger partial charge in [-0.1, -0.05) is 40.2 Å². The molecule has 0 bridgehead atoms. The normalized spacial score (nSPS) is 44.0. The molecule has 2 nitrogen and oxygen atoms in total. The van der Waals surface area contributed by atoms with E-state index in [0.717, 1.165) is 49.9 Å². The molecule has 1 N–H and O–H groups in total. The van der Waals surface area contributed by atoms with E-state index in [9.17, 15) is 9.90 Å². The maximum atomic E-state index is 12.0. The Hall–Kier alpha value is -0.630. The summed E-state index contributed by atoms with van der Waals surface area (Å²) in [5.74, 6) is 4.55. The average molecular weight is 401 g/mol. The van der Waals surface area contributed by atoms with Crippen LogP contribution in [0.4, 0.5) is 0 Å². The van der Waals surface area contributed by atoms with Crippen LogP contribution in [-0.4, -0.2) is 17.0 Å². The van der Waals surface area contributed by atoms with Crippen molar-refractivity contribution in [3.8, 4) is 0 Å². The Balaban J connectivity index is 1.52. The number of hydrogen-bond donors (Lipinski definition) is 1. The number of allylic oxidation sites excluding steroid dienone is 1. The first-order valence-electron chi connectivity index (χ1n) is 12.6. The summed E-state index contributed by atoms with van der Waals surface area (Å²) >= 11 is 0. The van der Waals surface area contributed by atoms with Gasteiger partial charge in [0.2, 0.25) is 0 Å². The van der Waals surface area contributed by atoms with Crippen LogP contribution in [0.2, 0.25) is 0 Å². The predicted molar refractivity (Wildman–Crippen MR) is 119 cm³/mol. The molecule has 4 rings (SSSR count). The molecule has 0 radical (unpaired) electrons. The van der Waals surface area contributed by atoms with Gasteiger partial charge in [-0.2, -0.15) is 0 Å². The number of rotatable bonds is 5. The first-order chi connectivity index (χ1) is 13.7. The van der Waals surface area contributed by atoms with E-state index in [0.29, 0.717) is 29.0 Å². The van der Waals surface area contributed by atoms with Crippen molar-refractivity contribution >= 4 is 5.78 Å². The Kier molecular flexibility index (Phi) is 5.82. The Labute approximate surface area is 178 Å². The molecule has 0 aromatic carbocycles. The molecule has 0 heterocycles. The largest absolute Gasteiger partial charge is 0.393 e. The zero-order valence-electron chi connectivity index (χ0n) is 19.5. The van der Waals surface area contributed by atoms with Crippen molar-refractivity contribution in [3.05, 3.63) is 11.6 Å². The molecule has 4 aliphatic carbocycles. The van der Waals surface area contributed by atoms with Gasteiger partial charge in [-0.3, -0.25) is 4.79 Å². The van der Waals surface area contributed by atoms with Crippen LogP contribution in [0.15, 0.2) is 11.6 Å². The van der Waals surface area contributed by atoms with Crippen LogP contribution in [0, 0.1) is 46.3 Å². The van der Waals surface area contributed by atoms with E-state index in [-0.39, 0.29) is 11.5 Å². The van der Waals surface area contributed by atoms with Crippen LogP contribution in [0.5, 0.6) is 0 Å². The molecule has 4 aliphatic rings. The zero-order valence-corrected chi connectivity index (χ0v) is 19.5. The molecule has 0 saturated heterocycles. The van der Waals surface area contributed by atoms with Crippen LogP contribution >= 0.6 is 0 Å². The minimum absolute atomic E-state index is 0.140. The second-order valence-corrected chi connectivity index (χ2v) is 12.1. The summed E-state index contributed by atoms with van der Waals surface area (Å²) in [7, 11) is 0. The molecule has 0 spiro atoms. The second-order valence-electron chi connectivity index (χ2n) is 12.1. The summed E-state index contributed by atoms with van der Waals surface area (Å²) in [6.07, 6.45) is 13.6. The van der Waals surface area contributed by atoms with Gasteiger partial charge in [0.1, 0.15) is 0 Å². The summed E-state index contributed by atoms with van der Waals surface area (Å²) in [5.41, 5.74) is 2.16. The Bertz CT molecular complexity index is 663. The third kappa shape index (κ3) is 3.56. The van der Waals surface area contributed by atoms with Crippen molar-refractivity contribution in [1.29, 1.82) is 0 Å². The maximum Gasteiger partial charge on any atom is 0.155 e. The van der Waals surface area contributed by atoms with Gasteiger partial charge < -0.3 is 5.11 Å². The van der Waals surface area contributed by atoms with E-state index < -0.39 is 0 Å². The summed E-state index contributed by atoms with van der Waals surface area (Å²) in [6.45, 7) is 11.9. The molecule has 0 aliphatic heterocycles. The molecule has 0 amide bonds. The van der Waals surface area contributed by atoms with E-state index in [1.807, 2.05) is 6.08 Å². The lowest BCUT2D eigenvalue weighted by molar-refractivity contribution is -0.117. The lowest BCUT2D eigenvalue weighted by Gasteiger charge is -2.58. The summed E-state index contributed by atoms with van der Waals surface area (Å²) in [4.78, 5) is 12.0. The number of ketones is 1. The molecule has 2 heteroatoms. The van der Waals surface area contributed by atoms with Crippen molar-refractivity contribution in [2.45, 2.75) is 105 Å². The molecule has 164 valence electrons. The lowest BCUT2D eigenvalue weighted by atomic mass is 9.46. The SMILES string of the molecule is CC(C)CCC(O)C(C)C1CCC2C3CCC4=CC(=O)CCC4(C)C3CCC12C. The van der Waals surface area contributed by atoms with Gasteiger partial charge in [-0.15, -0.1) is 0 Å². The summed E-state index contributed by atoms with van der Waals surface area (Å²) in [5, 5.41) is 10.9. The van der Waals surface area contributed by atoms with Crippen LogP contribution < -0.4 is 0 Å². The molecular formula is C27H44O2. The van der Waals surface area contributed by atoms with Gasteiger partial charge in [0.25, 0.3) is 0 Å². The fraction of sp³-hybridized carbons (Fsp3) is 0.889. The van der Waals surface area contributed by atoms with Gasteiger partial charge in [-0.05, 0) is 110 Å². The summed E-state index contributed by atoms with van der Waals surface area (Å²) in [6, 6.07) is 0. The standard InChI is InChI=1S/C27H44O2/c1-17(2)6-11-25(29)18(3)22-9-10-23-21-8-7-19-16-20(28)12-14-26(19,4)24(21)13-15-27(22,23)5/h16-18,21-25,29H,6-15H2,1-5H3. The van der Waals surface area contributed by atoms with Crippen molar-refractivity contribution in [2.75, 3.05) is 0 Å². The van der Waals surface area contributed by atoms with Gasteiger partial charge >= 0.3 is 0 Å². The number of carbonyl (C=O) groups excluding carboxylic acids is 1. The molecule has 3 saturated carbocycles. The van der Waals surface area contributed by atoms with E-state index in [4.69, 9.17) is 0 Å². The summed E-state index contributed by atoms with van der Waals surface area (Å²) < 4.78 is 0. The first-order valence-corrected chi connectivity index (χ1v) is 12.6. The highest BCUT2D eigenvalue weighted by Gasteiger charge is 2.59. The molecule has 8 unspecified atom stereocenters. The first kappa shape index (κ1) is 21.6. The quantitative estimate of drug-likeness (QED) is 0.567. The van der Waals surface area contributed by atoms with Crippen LogP contribution in [0.3, 0.4) is 0 Å². The molecule has 29 heavy (non-hydrogen) atoms. The monoisotopic (exact) mass is 400 g/mol. The van der Waals surface area contributed by atoms with Crippen molar-refractivity contribution in [1.82, 2.24) is 0 Å². The molecule has 0 aromatic rings. The smallest absolute Gasteiger partial charge is 0.155 e. The van der Waals surface area contributed by atoms with Crippen molar-refractivity contribution in [3.63, 3.8) is 0 Å². The van der Waals surface area contributed by atoms with Crippen molar-refractivity contribution < 1.29 is 9.90 Å². The molecular weight excluding hydrogens is 356 g/mol. The highest BCUT2D eigenvalue weighted by atomic mass is 16.3. The van der Waals surface area contributed by atoms with Gasteiger partial charge in [-0.25, -0.2) is 0 Å². The fourth-order valence-electron chi connectivity index (χ4n) is 8.50. The van der Waals surface area contributed by atoms with E-state index in [2.05, 4.69) is 34.6 Å². The number of hydrogen-bond acceptors (Lipinski definition) is 2. The van der Waals surface area contributed by atoms with Gasteiger partial charge in [0, 0.05) is 6.42 Å². The number of fused-ring (bicyclic) bond motifs is 5. The zero-order chi connectivity index (χ0) is 21.0. The van der Waals surface area contributed by atoms with E-state index >= 15 is 0 Å².